The monoisotopic (exact) mass is 555 g/mol. The smallest absolute Gasteiger partial charge is 0.274 e. The van der Waals surface area contributed by atoms with E-state index in [1.54, 1.807) is 11.6 Å². The van der Waals surface area contributed by atoms with Crippen molar-refractivity contribution < 1.29 is 19.5 Å². The molecule has 2 saturated heterocycles. The van der Waals surface area contributed by atoms with Crippen LogP contribution in [0, 0.1) is 5.92 Å². The fraction of sp³-hybridized carbons (Fsp3) is 0.406. The third kappa shape index (κ3) is 6.27. The number of nitrogens with zero attached hydrogens (tertiary/aromatic N) is 4. The molecule has 3 aliphatic rings. The molecule has 214 valence electrons. The Balaban J connectivity index is 1.02. The van der Waals surface area contributed by atoms with Gasteiger partial charge in [-0.2, -0.15) is 0 Å². The lowest BCUT2D eigenvalue weighted by Gasteiger charge is -2.32. The molecule has 2 fully saturated rings. The highest BCUT2D eigenvalue weighted by atomic mass is 16.5. The van der Waals surface area contributed by atoms with E-state index in [2.05, 4.69) is 39.9 Å². The Bertz CT molecular complexity index is 1450. The number of hydrogen-bond donors (Lipinski definition) is 2. The number of fused-ring (bicyclic) bond motifs is 1. The molecule has 2 amide bonds. The molecular weight excluding hydrogens is 518 g/mol. The van der Waals surface area contributed by atoms with Crippen LogP contribution in [0.5, 0.6) is 0 Å². The number of hydrogen-bond acceptors (Lipinski definition) is 6. The van der Waals surface area contributed by atoms with Gasteiger partial charge < -0.3 is 14.2 Å². The minimum atomic E-state index is -0.482. The van der Waals surface area contributed by atoms with Crippen LogP contribution in [0.2, 0.25) is 0 Å². The number of benzene rings is 1. The average Bonchev–Trinajstić information content (AvgIpc) is 3.43. The van der Waals surface area contributed by atoms with Crippen LogP contribution >= 0.6 is 0 Å². The molecule has 1 aliphatic carbocycles. The number of hydroxylamine groups is 1. The van der Waals surface area contributed by atoms with Crippen LogP contribution in [0.25, 0.3) is 11.0 Å². The molecule has 4 heterocycles. The van der Waals surface area contributed by atoms with Crippen LogP contribution in [0.3, 0.4) is 0 Å². The topological polar surface area (TPSA) is 99.9 Å². The summed E-state index contributed by atoms with van der Waals surface area (Å²) in [7, 11) is 0. The number of rotatable bonds is 7. The number of morpholine rings is 1. The van der Waals surface area contributed by atoms with Crippen LogP contribution in [-0.2, 0) is 22.6 Å². The number of ether oxygens (including phenoxy) is 1. The van der Waals surface area contributed by atoms with Crippen molar-refractivity contribution in [1.29, 1.82) is 0 Å². The largest absolute Gasteiger partial charge is 0.379 e. The maximum Gasteiger partial charge on any atom is 0.274 e. The van der Waals surface area contributed by atoms with Gasteiger partial charge in [0.25, 0.3) is 11.8 Å². The fourth-order valence-corrected chi connectivity index (χ4v) is 6.12. The Hall–Kier alpha value is -3.79. The molecule has 0 radical (unpaired) electrons. The van der Waals surface area contributed by atoms with E-state index in [-0.39, 0.29) is 11.8 Å². The predicted octanol–water partition coefficient (Wildman–Crippen LogP) is 3.90. The lowest BCUT2D eigenvalue weighted by atomic mass is 9.90. The van der Waals surface area contributed by atoms with Crippen LogP contribution in [0.4, 0.5) is 0 Å². The lowest BCUT2D eigenvalue weighted by Crippen LogP contribution is -2.38. The number of carbonyl (C=O) groups excluding carboxylic acids is 2. The number of allylic oxidation sites excluding steroid dienone is 2. The first-order valence-electron chi connectivity index (χ1n) is 14.5. The summed E-state index contributed by atoms with van der Waals surface area (Å²) in [5.41, 5.74) is 6.34. The van der Waals surface area contributed by atoms with Crippen molar-refractivity contribution in [3.63, 3.8) is 0 Å². The van der Waals surface area contributed by atoms with Crippen LogP contribution in [0.1, 0.15) is 46.7 Å². The quantitative estimate of drug-likeness (QED) is 0.339. The second kappa shape index (κ2) is 12.4. The molecule has 2 aliphatic heterocycles. The zero-order valence-corrected chi connectivity index (χ0v) is 23.2. The molecule has 2 aromatic heterocycles. The minimum Gasteiger partial charge on any atom is -0.379 e. The zero-order valence-electron chi connectivity index (χ0n) is 23.2. The first-order chi connectivity index (χ1) is 20.1. The molecule has 0 bridgehead atoms. The second-order valence-corrected chi connectivity index (χ2v) is 11.3. The Labute approximate surface area is 240 Å². The highest BCUT2D eigenvalue weighted by Gasteiger charge is 2.25. The normalized spacial score (nSPS) is 20.3. The number of carbonyl (C=O) groups is 2. The highest BCUT2D eigenvalue weighted by Crippen LogP contribution is 2.31. The molecule has 1 atom stereocenters. The standard InChI is InChI=1S/C32H37N5O4/c38-31(34-40)26-5-1-24(2-6-26)22-37-14-11-28-19-29(20-33-30(28)37)25-9-12-36(13-10-25)32(39)27-7-3-23(4-8-27)21-35-15-17-41-18-16-35/h1,3-8,11,14,19-20,24-25,40H,2,9-10,12-13,15-18,21-22H2,(H,34,38). The third-order valence-electron chi connectivity index (χ3n) is 8.57. The van der Waals surface area contributed by atoms with Gasteiger partial charge in [0.15, 0.2) is 0 Å². The van der Waals surface area contributed by atoms with Gasteiger partial charge in [-0.05, 0) is 66.5 Å². The molecule has 9 nitrogen and oxygen atoms in total. The van der Waals surface area contributed by atoms with E-state index in [1.807, 2.05) is 35.4 Å². The van der Waals surface area contributed by atoms with Gasteiger partial charge in [0.2, 0.25) is 0 Å². The summed E-state index contributed by atoms with van der Waals surface area (Å²) in [5, 5.41) is 9.94. The molecular formula is C32H37N5O4. The Morgan fingerprint density at radius 2 is 1.83 bits per heavy atom. The van der Waals surface area contributed by atoms with Gasteiger partial charge in [0.1, 0.15) is 5.65 Å². The van der Waals surface area contributed by atoms with Gasteiger partial charge in [-0.3, -0.25) is 19.7 Å². The summed E-state index contributed by atoms with van der Waals surface area (Å²) in [6.07, 6.45) is 12.3. The summed E-state index contributed by atoms with van der Waals surface area (Å²) in [6, 6.07) is 12.5. The van der Waals surface area contributed by atoms with E-state index in [4.69, 9.17) is 14.9 Å². The number of piperidine rings is 1. The van der Waals surface area contributed by atoms with Gasteiger partial charge in [-0.1, -0.05) is 30.4 Å². The molecule has 9 heteroatoms. The second-order valence-electron chi connectivity index (χ2n) is 11.3. The van der Waals surface area contributed by atoms with Crippen molar-refractivity contribution in [2.75, 3.05) is 39.4 Å². The van der Waals surface area contributed by atoms with E-state index in [1.165, 1.54) is 11.1 Å². The SMILES string of the molecule is O=C(NO)C1=CCC(Cn2ccc3cc(C4CCN(C(=O)c5ccc(CN6CCOCC6)cc5)CC4)cnc32)C=C1. The maximum absolute atomic E-state index is 13.2. The highest BCUT2D eigenvalue weighted by molar-refractivity contribution is 5.95. The molecule has 3 aromatic rings. The summed E-state index contributed by atoms with van der Waals surface area (Å²) >= 11 is 0. The van der Waals surface area contributed by atoms with E-state index in [0.717, 1.165) is 88.3 Å². The van der Waals surface area contributed by atoms with E-state index in [0.29, 0.717) is 11.5 Å². The summed E-state index contributed by atoms with van der Waals surface area (Å²) in [4.78, 5) is 34.0. The molecule has 0 saturated carbocycles. The Morgan fingerprint density at radius 1 is 1.05 bits per heavy atom. The van der Waals surface area contributed by atoms with Crippen molar-refractivity contribution in [3.05, 3.63) is 89.3 Å². The first-order valence-corrected chi connectivity index (χ1v) is 14.5. The molecule has 1 unspecified atom stereocenters. The fourth-order valence-electron chi connectivity index (χ4n) is 6.12. The van der Waals surface area contributed by atoms with E-state index < -0.39 is 5.91 Å². The molecule has 6 rings (SSSR count). The Kier molecular flexibility index (Phi) is 8.27. The number of likely N-dealkylation sites (tertiary alicyclic amines) is 1. The molecule has 41 heavy (non-hydrogen) atoms. The van der Waals surface area contributed by atoms with Crippen molar-refractivity contribution in [2.24, 2.45) is 5.92 Å². The summed E-state index contributed by atoms with van der Waals surface area (Å²) < 4.78 is 7.59. The third-order valence-corrected chi connectivity index (χ3v) is 8.57. The first kappa shape index (κ1) is 27.4. The maximum atomic E-state index is 13.2. The lowest BCUT2D eigenvalue weighted by molar-refractivity contribution is -0.124. The van der Waals surface area contributed by atoms with Crippen LogP contribution in [0.15, 0.2) is 72.6 Å². The van der Waals surface area contributed by atoms with Crippen molar-refractivity contribution in [2.45, 2.75) is 38.3 Å². The number of pyridine rings is 1. The van der Waals surface area contributed by atoms with Gasteiger partial charge in [0.05, 0.1) is 13.2 Å². The summed E-state index contributed by atoms with van der Waals surface area (Å²) in [5.74, 6) is 0.273. The van der Waals surface area contributed by atoms with Crippen LogP contribution in [-0.4, -0.2) is 75.8 Å². The van der Waals surface area contributed by atoms with Crippen molar-refractivity contribution >= 4 is 22.8 Å². The number of nitrogens with one attached hydrogen (secondary N) is 1. The number of aromatic nitrogens is 2. The van der Waals surface area contributed by atoms with Gasteiger partial charge >= 0.3 is 0 Å². The molecule has 2 N–H and O–H groups in total. The predicted molar refractivity (Wildman–Crippen MR) is 155 cm³/mol. The zero-order chi connectivity index (χ0) is 28.2. The van der Waals surface area contributed by atoms with Gasteiger partial charge in [-0.25, -0.2) is 10.5 Å². The van der Waals surface area contributed by atoms with E-state index in [9.17, 15) is 9.59 Å². The number of amides is 2. The molecule has 1 aromatic carbocycles. The van der Waals surface area contributed by atoms with Crippen molar-refractivity contribution in [3.8, 4) is 0 Å². The minimum absolute atomic E-state index is 0.114. The Morgan fingerprint density at radius 3 is 2.54 bits per heavy atom. The van der Waals surface area contributed by atoms with Gasteiger partial charge in [0, 0.05) is 68.2 Å². The van der Waals surface area contributed by atoms with Gasteiger partial charge in [-0.15, -0.1) is 0 Å². The van der Waals surface area contributed by atoms with E-state index >= 15 is 0 Å². The molecule has 0 spiro atoms. The average molecular weight is 556 g/mol. The summed E-state index contributed by atoms with van der Waals surface area (Å²) in [6.45, 7) is 6.64. The van der Waals surface area contributed by atoms with Crippen LogP contribution < -0.4 is 5.48 Å². The van der Waals surface area contributed by atoms with Crippen molar-refractivity contribution in [1.82, 2.24) is 24.8 Å².